The van der Waals surface area contributed by atoms with Crippen LogP contribution < -0.4 is 9.62 Å². The second kappa shape index (κ2) is 13.0. The highest BCUT2D eigenvalue weighted by Gasteiger charge is 2.35. The number of anilines is 1. The van der Waals surface area contributed by atoms with Crippen LogP contribution in [-0.2, 0) is 32.6 Å². The lowest BCUT2D eigenvalue weighted by Gasteiger charge is -2.35. The van der Waals surface area contributed by atoms with Gasteiger partial charge in [0.2, 0.25) is 21.8 Å². The third-order valence-corrected chi connectivity index (χ3v) is 7.64. The number of sulfonamides is 1. The minimum atomic E-state index is -4.09. The molecule has 0 radical (unpaired) electrons. The average molecular weight is 609 g/mol. The van der Waals surface area contributed by atoms with E-state index in [0.29, 0.717) is 14.9 Å². The number of amides is 2. The van der Waals surface area contributed by atoms with Crippen LogP contribution in [0.1, 0.15) is 31.9 Å². The van der Waals surface area contributed by atoms with Crippen molar-refractivity contribution in [3.05, 3.63) is 99.8 Å². The smallest absolute Gasteiger partial charge is 0.244 e. The molecule has 0 bridgehead atoms. The molecule has 0 unspecified atom stereocenters. The Bertz CT molecular complexity index is 1460. The molecule has 0 spiro atoms. The largest absolute Gasteiger partial charge is 0.350 e. The van der Waals surface area contributed by atoms with Crippen LogP contribution in [0.5, 0.6) is 0 Å². The molecule has 3 aromatic carbocycles. The first-order valence-corrected chi connectivity index (χ1v) is 15.1. The van der Waals surface area contributed by atoms with E-state index < -0.39 is 45.8 Å². The third kappa shape index (κ3) is 8.68. The highest BCUT2D eigenvalue weighted by atomic mass is 35.5. The van der Waals surface area contributed by atoms with Crippen LogP contribution in [0.25, 0.3) is 0 Å². The zero-order chi connectivity index (χ0) is 29.7. The van der Waals surface area contributed by atoms with Gasteiger partial charge in [0.1, 0.15) is 18.4 Å². The molecular formula is C29H32Cl2FN3O4S. The Morgan fingerprint density at radius 1 is 0.975 bits per heavy atom. The number of hydrogen-bond donors (Lipinski definition) is 1. The Morgan fingerprint density at radius 2 is 1.60 bits per heavy atom. The van der Waals surface area contributed by atoms with Crippen molar-refractivity contribution in [3.8, 4) is 0 Å². The molecule has 214 valence electrons. The second-order valence-corrected chi connectivity index (χ2v) is 13.2. The van der Waals surface area contributed by atoms with E-state index >= 15 is 0 Å². The number of hydrogen-bond acceptors (Lipinski definition) is 4. The maximum absolute atomic E-state index is 14.7. The maximum atomic E-state index is 14.7. The number of benzene rings is 3. The van der Waals surface area contributed by atoms with Gasteiger partial charge in [-0.1, -0.05) is 71.7 Å². The lowest BCUT2D eigenvalue weighted by molar-refractivity contribution is -0.140. The highest BCUT2D eigenvalue weighted by Crippen LogP contribution is 2.26. The fraction of sp³-hybridized carbons (Fsp3) is 0.310. The molecule has 1 atom stereocenters. The van der Waals surface area contributed by atoms with Gasteiger partial charge in [0.05, 0.1) is 11.9 Å². The van der Waals surface area contributed by atoms with Crippen molar-refractivity contribution in [2.24, 2.45) is 0 Å². The number of nitrogens with one attached hydrogen (secondary N) is 1. The summed E-state index contributed by atoms with van der Waals surface area (Å²) in [4.78, 5) is 29.0. The number of nitrogens with zero attached hydrogens (tertiary/aromatic N) is 2. The van der Waals surface area contributed by atoms with Gasteiger partial charge in [-0.05, 0) is 56.2 Å². The van der Waals surface area contributed by atoms with Crippen LogP contribution in [0.4, 0.5) is 10.1 Å². The predicted molar refractivity (Wildman–Crippen MR) is 157 cm³/mol. The summed E-state index contributed by atoms with van der Waals surface area (Å²) in [6.45, 7) is 4.58. The Morgan fingerprint density at radius 3 is 2.17 bits per heavy atom. The van der Waals surface area contributed by atoms with E-state index in [9.17, 15) is 22.4 Å². The van der Waals surface area contributed by atoms with Crippen molar-refractivity contribution >= 4 is 50.7 Å². The lowest BCUT2D eigenvalue weighted by atomic mass is 10.0. The first-order valence-electron chi connectivity index (χ1n) is 12.5. The molecule has 0 aliphatic rings. The van der Waals surface area contributed by atoms with Crippen molar-refractivity contribution in [3.63, 3.8) is 0 Å². The molecular weight excluding hydrogens is 576 g/mol. The van der Waals surface area contributed by atoms with Gasteiger partial charge in [-0.2, -0.15) is 0 Å². The van der Waals surface area contributed by atoms with Gasteiger partial charge < -0.3 is 10.2 Å². The number of halogens is 3. The standard InChI is InChI=1S/C29H32Cl2FN3O4S/c1-29(2,3)33-28(37)26(16-20-10-6-5-7-11-20)34(18-21-14-15-22(30)17-23(21)31)27(36)19-35(40(4,38)39)25-13-9-8-12-24(25)32/h5-15,17,26H,16,18-19H2,1-4H3,(H,33,37)/t26-/m1/s1. The van der Waals surface area contributed by atoms with Crippen LogP contribution in [0.2, 0.25) is 10.0 Å². The summed E-state index contributed by atoms with van der Waals surface area (Å²) in [5.74, 6) is -1.96. The van der Waals surface area contributed by atoms with Gasteiger partial charge in [-0.3, -0.25) is 13.9 Å². The molecule has 0 aliphatic carbocycles. The summed E-state index contributed by atoms with van der Waals surface area (Å²) >= 11 is 12.5. The number of rotatable bonds is 10. The normalized spacial score (nSPS) is 12.5. The molecule has 1 N–H and O–H groups in total. The Labute approximate surface area is 244 Å². The molecule has 3 rings (SSSR count). The maximum Gasteiger partial charge on any atom is 0.244 e. The van der Waals surface area contributed by atoms with E-state index in [2.05, 4.69) is 5.32 Å². The Kier molecular flexibility index (Phi) is 10.2. The highest BCUT2D eigenvalue weighted by molar-refractivity contribution is 7.92. The quantitative estimate of drug-likeness (QED) is 0.332. The SMILES string of the molecule is CC(C)(C)NC(=O)[C@@H](Cc1ccccc1)N(Cc1ccc(Cl)cc1Cl)C(=O)CN(c1ccccc1F)S(C)(=O)=O. The molecule has 0 heterocycles. The summed E-state index contributed by atoms with van der Waals surface area (Å²) in [5, 5.41) is 3.59. The first-order chi connectivity index (χ1) is 18.7. The summed E-state index contributed by atoms with van der Waals surface area (Å²) in [5.41, 5.74) is 0.384. The van der Waals surface area contributed by atoms with Crippen molar-refractivity contribution in [2.45, 2.75) is 45.3 Å². The molecule has 11 heteroatoms. The van der Waals surface area contributed by atoms with E-state index in [4.69, 9.17) is 23.2 Å². The molecule has 40 heavy (non-hydrogen) atoms. The van der Waals surface area contributed by atoms with E-state index in [-0.39, 0.29) is 23.7 Å². The van der Waals surface area contributed by atoms with Crippen molar-refractivity contribution < 1.29 is 22.4 Å². The van der Waals surface area contributed by atoms with Crippen LogP contribution in [0.15, 0.2) is 72.8 Å². The second-order valence-electron chi connectivity index (χ2n) is 10.4. The Hall–Kier alpha value is -3.14. The van der Waals surface area contributed by atoms with Crippen LogP contribution >= 0.6 is 23.2 Å². The zero-order valence-electron chi connectivity index (χ0n) is 22.7. The van der Waals surface area contributed by atoms with Gasteiger partial charge in [0.25, 0.3) is 0 Å². The molecule has 0 aromatic heterocycles. The Balaban J connectivity index is 2.11. The number of para-hydroxylation sites is 1. The van der Waals surface area contributed by atoms with Gasteiger partial charge >= 0.3 is 0 Å². The zero-order valence-corrected chi connectivity index (χ0v) is 25.0. The molecule has 0 aliphatic heterocycles. The topological polar surface area (TPSA) is 86.8 Å². The molecule has 0 saturated carbocycles. The van der Waals surface area contributed by atoms with E-state index in [1.807, 2.05) is 51.1 Å². The third-order valence-electron chi connectivity index (χ3n) is 5.93. The van der Waals surface area contributed by atoms with Gasteiger partial charge in [0, 0.05) is 28.5 Å². The lowest BCUT2D eigenvalue weighted by Crippen LogP contribution is -2.56. The number of carbonyl (C=O) groups is 2. The van der Waals surface area contributed by atoms with Crippen molar-refractivity contribution in [2.75, 3.05) is 17.1 Å². The summed E-state index contributed by atoms with van der Waals surface area (Å²) in [6, 6.07) is 18.1. The monoisotopic (exact) mass is 607 g/mol. The summed E-state index contributed by atoms with van der Waals surface area (Å²) in [6.07, 6.45) is 1.03. The minimum absolute atomic E-state index is 0.126. The van der Waals surface area contributed by atoms with Gasteiger partial charge in [-0.25, -0.2) is 12.8 Å². The fourth-order valence-corrected chi connectivity index (χ4v) is 5.41. The summed E-state index contributed by atoms with van der Waals surface area (Å²) in [7, 11) is -4.09. The van der Waals surface area contributed by atoms with Crippen LogP contribution in [0.3, 0.4) is 0 Å². The predicted octanol–water partition coefficient (Wildman–Crippen LogP) is 5.45. The van der Waals surface area contributed by atoms with E-state index in [0.717, 1.165) is 17.9 Å². The average Bonchev–Trinajstić information content (AvgIpc) is 2.85. The molecule has 7 nitrogen and oxygen atoms in total. The summed E-state index contributed by atoms with van der Waals surface area (Å²) < 4.78 is 40.9. The molecule has 0 fully saturated rings. The van der Waals surface area contributed by atoms with Crippen LogP contribution in [-0.4, -0.2) is 49.5 Å². The minimum Gasteiger partial charge on any atom is -0.350 e. The van der Waals surface area contributed by atoms with Crippen molar-refractivity contribution in [1.29, 1.82) is 0 Å². The molecule has 2 amide bonds. The van der Waals surface area contributed by atoms with Crippen LogP contribution in [0, 0.1) is 5.82 Å². The van der Waals surface area contributed by atoms with Gasteiger partial charge in [-0.15, -0.1) is 0 Å². The van der Waals surface area contributed by atoms with Gasteiger partial charge in [0.15, 0.2) is 0 Å². The first kappa shape index (κ1) is 31.4. The molecule has 3 aromatic rings. The number of carbonyl (C=O) groups excluding carboxylic acids is 2. The van der Waals surface area contributed by atoms with E-state index in [1.54, 1.807) is 12.1 Å². The van der Waals surface area contributed by atoms with E-state index in [1.165, 1.54) is 29.2 Å². The van der Waals surface area contributed by atoms with Crippen molar-refractivity contribution in [1.82, 2.24) is 10.2 Å². The fourth-order valence-electron chi connectivity index (χ4n) is 4.09. The molecule has 0 saturated heterocycles.